The van der Waals surface area contributed by atoms with Crippen molar-refractivity contribution in [3.05, 3.63) is 35.9 Å². The van der Waals surface area contributed by atoms with Crippen molar-refractivity contribution in [2.45, 2.75) is 12.2 Å². The van der Waals surface area contributed by atoms with Gasteiger partial charge in [-0.05, 0) is 5.56 Å². The molecule has 3 heteroatoms. The Labute approximate surface area is 69.6 Å². The molecule has 3 nitrogen and oxygen atoms in total. The molecule has 2 rings (SSSR count). The molecule has 1 aliphatic rings. The summed E-state index contributed by atoms with van der Waals surface area (Å²) in [7, 11) is 0. The maximum Gasteiger partial charge on any atom is 0.128 e. The van der Waals surface area contributed by atoms with Gasteiger partial charge in [-0.2, -0.15) is 0 Å². The van der Waals surface area contributed by atoms with Crippen molar-refractivity contribution in [1.82, 2.24) is 0 Å². The highest BCUT2D eigenvalue weighted by Gasteiger charge is 2.40. The number of carboxylic acid groups (broad SMARTS) is 1. The van der Waals surface area contributed by atoms with Crippen LogP contribution in [-0.4, -0.2) is 12.1 Å². The van der Waals surface area contributed by atoms with Crippen molar-refractivity contribution in [2.75, 3.05) is 0 Å². The van der Waals surface area contributed by atoms with E-state index in [2.05, 4.69) is 0 Å². The van der Waals surface area contributed by atoms with Gasteiger partial charge in [0.15, 0.2) is 0 Å². The number of hydrogen-bond acceptors (Lipinski definition) is 3. The molecule has 0 unspecified atom stereocenters. The van der Waals surface area contributed by atoms with E-state index >= 15 is 0 Å². The summed E-state index contributed by atoms with van der Waals surface area (Å²) in [5, 5.41) is 10.3. The van der Waals surface area contributed by atoms with Crippen LogP contribution in [0.5, 0.6) is 0 Å². The van der Waals surface area contributed by atoms with E-state index in [0.717, 1.165) is 5.56 Å². The third-order valence-corrected chi connectivity index (χ3v) is 1.85. The van der Waals surface area contributed by atoms with Crippen molar-refractivity contribution in [1.29, 1.82) is 0 Å². The molecule has 0 saturated carbocycles. The summed E-state index contributed by atoms with van der Waals surface area (Å²) in [5.74, 6) is -1.14. The van der Waals surface area contributed by atoms with Crippen molar-refractivity contribution >= 4 is 5.97 Å². The second-order valence-electron chi connectivity index (χ2n) is 2.71. The first-order valence-corrected chi connectivity index (χ1v) is 3.70. The van der Waals surface area contributed by atoms with Crippen LogP contribution in [0.4, 0.5) is 0 Å². The molecule has 1 fully saturated rings. The molecule has 2 atom stereocenters. The molecule has 1 aromatic carbocycles. The topological polar surface area (TPSA) is 52.7 Å². The molecule has 0 amide bonds. The number of hydrogen-bond donors (Lipinski definition) is 0. The first-order chi connectivity index (χ1) is 5.79. The van der Waals surface area contributed by atoms with Crippen LogP contribution in [0.1, 0.15) is 11.7 Å². The zero-order valence-corrected chi connectivity index (χ0v) is 6.27. The molecule has 0 aliphatic carbocycles. The molecule has 1 heterocycles. The van der Waals surface area contributed by atoms with Crippen LogP contribution < -0.4 is 5.11 Å². The van der Waals surface area contributed by atoms with Gasteiger partial charge in [0, 0.05) is 0 Å². The third kappa shape index (κ3) is 1.19. The lowest BCUT2D eigenvalue weighted by Crippen LogP contribution is -2.28. The Balaban J connectivity index is 2.11. The van der Waals surface area contributed by atoms with E-state index in [-0.39, 0.29) is 6.10 Å². The summed E-state index contributed by atoms with van der Waals surface area (Å²) >= 11 is 0. The lowest BCUT2D eigenvalue weighted by molar-refractivity contribution is -0.307. The number of benzene rings is 1. The summed E-state index contributed by atoms with van der Waals surface area (Å²) in [6.07, 6.45) is -1.04. The predicted molar refractivity (Wildman–Crippen MR) is 39.1 cm³/mol. The summed E-state index contributed by atoms with van der Waals surface area (Å²) in [4.78, 5) is 10.3. The minimum absolute atomic E-state index is 0.295. The maximum atomic E-state index is 10.3. The minimum Gasteiger partial charge on any atom is -0.547 e. The second-order valence-corrected chi connectivity index (χ2v) is 2.71. The Morgan fingerprint density at radius 2 is 2.00 bits per heavy atom. The summed E-state index contributed by atoms with van der Waals surface area (Å²) in [6.45, 7) is 0. The number of ether oxygens (including phenoxy) is 1. The smallest absolute Gasteiger partial charge is 0.128 e. The van der Waals surface area contributed by atoms with Crippen LogP contribution in [0.25, 0.3) is 0 Å². The molecule has 1 saturated heterocycles. The van der Waals surface area contributed by atoms with Gasteiger partial charge in [0.1, 0.15) is 12.2 Å². The number of carboxylic acids is 1. The van der Waals surface area contributed by atoms with Crippen LogP contribution in [0.15, 0.2) is 30.3 Å². The van der Waals surface area contributed by atoms with Gasteiger partial charge in [-0.25, -0.2) is 0 Å². The zero-order valence-electron chi connectivity index (χ0n) is 6.27. The summed E-state index contributed by atoms with van der Waals surface area (Å²) in [6, 6.07) is 9.26. The second kappa shape index (κ2) is 2.60. The largest absolute Gasteiger partial charge is 0.547 e. The third-order valence-electron chi connectivity index (χ3n) is 1.85. The molecule has 62 valence electrons. The maximum absolute atomic E-state index is 10.3. The average molecular weight is 163 g/mol. The normalized spacial score (nSPS) is 26.7. The summed E-state index contributed by atoms with van der Waals surface area (Å²) < 4.78 is 4.90. The average Bonchev–Trinajstić information content (AvgIpc) is 2.84. The van der Waals surface area contributed by atoms with Gasteiger partial charge >= 0.3 is 0 Å². The summed E-state index contributed by atoms with van der Waals surface area (Å²) in [5.41, 5.74) is 0.895. The molecular weight excluding hydrogens is 156 g/mol. The number of carbonyl (C=O) groups is 1. The van der Waals surface area contributed by atoms with Gasteiger partial charge in [-0.15, -0.1) is 0 Å². The molecule has 0 aromatic heterocycles. The molecule has 0 radical (unpaired) electrons. The van der Waals surface area contributed by atoms with E-state index < -0.39 is 12.1 Å². The molecule has 1 aromatic rings. The van der Waals surface area contributed by atoms with Crippen LogP contribution in [0.2, 0.25) is 0 Å². The number of epoxide rings is 1. The van der Waals surface area contributed by atoms with Crippen LogP contribution in [0, 0.1) is 0 Å². The Bertz CT molecular complexity index is 294. The van der Waals surface area contributed by atoms with Gasteiger partial charge in [-0.1, -0.05) is 30.3 Å². The molecule has 12 heavy (non-hydrogen) atoms. The highest BCUT2D eigenvalue weighted by atomic mass is 16.6. The minimum atomic E-state index is -1.14. The fourth-order valence-electron chi connectivity index (χ4n) is 1.19. The molecule has 1 aliphatic heterocycles. The van der Waals surface area contributed by atoms with E-state index in [1.807, 2.05) is 30.3 Å². The van der Waals surface area contributed by atoms with Crippen LogP contribution >= 0.6 is 0 Å². The Morgan fingerprint density at radius 1 is 1.33 bits per heavy atom. The first-order valence-electron chi connectivity index (χ1n) is 3.70. The lowest BCUT2D eigenvalue weighted by atomic mass is 10.1. The quantitative estimate of drug-likeness (QED) is 0.571. The fourth-order valence-corrected chi connectivity index (χ4v) is 1.19. The van der Waals surface area contributed by atoms with Gasteiger partial charge in [0.25, 0.3) is 0 Å². The first kappa shape index (κ1) is 7.31. The highest BCUT2D eigenvalue weighted by molar-refractivity contribution is 5.74. The van der Waals surface area contributed by atoms with Crippen molar-refractivity contribution in [3.63, 3.8) is 0 Å². The molecule has 0 bridgehead atoms. The van der Waals surface area contributed by atoms with Crippen molar-refractivity contribution < 1.29 is 14.6 Å². The number of rotatable bonds is 2. The van der Waals surface area contributed by atoms with Crippen molar-refractivity contribution in [3.8, 4) is 0 Å². The van der Waals surface area contributed by atoms with Crippen molar-refractivity contribution in [2.24, 2.45) is 0 Å². The Kier molecular flexibility index (Phi) is 1.59. The van der Waals surface area contributed by atoms with E-state index in [1.54, 1.807) is 0 Å². The van der Waals surface area contributed by atoms with Gasteiger partial charge in [0.05, 0.1) is 5.97 Å². The number of aliphatic carboxylic acids is 1. The molecule has 0 N–H and O–H groups in total. The van der Waals surface area contributed by atoms with Gasteiger partial charge in [0.2, 0.25) is 0 Å². The fraction of sp³-hybridized carbons (Fsp3) is 0.222. The van der Waals surface area contributed by atoms with E-state index in [1.165, 1.54) is 0 Å². The molecule has 0 spiro atoms. The van der Waals surface area contributed by atoms with Crippen LogP contribution in [-0.2, 0) is 9.53 Å². The number of carbonyl (C=O) groups excluding carboxylic acids is 1. The van der Waals surface area contributed by atoms with E-state index in [0.29, 0.717) is 0 Å². The standard InChI is InChI=1S/C9H8O3/c10-9(11)8-7(12-8)6-4-2-1-3-5-6/h1-5,7-8H,(H,10,11)/p-1/t7-,8+/m0/s1. The lowest BCUT2D eigenvalue weighted by Gasteiger charge is -1.95. The van der Waals surface area contributed by atoms with E-state index in [9.17, 15) is 9.90 Å². The SMILES string of the molecule is O=C([O-])[C@@H]1O[C@H]1c1ccccc1. The van der Waals surface area contributed by atoms with E-state index in [4.69, 9.17) is 4.74 Å². The Hall–Kier alpha value is -1.35. The monoisotopic (exact) mass is 163 g/mol. The van der Waals surface area contributed by atoms with Crippen LogP contribution in [0.3, 0.4) is 0 Å². The van der Waals surface area contributed by atoms with Gasteiger partial charge in [-0.3, -0.25) is 0 Å². The molecular formula is C9H7O3-. The van der Waals surface area contributed by atoms with Gasteiger partial charge < -0.3 is 14.6 Å². The zero-order chi connectivity index (χ0) is 8.55. The highest BCUT2D eigenvalue weighted by Crippen LogP contribution is 2.37. The Morgan fingerprint density at radius 3 is 2.50 bits per heavy atom. The predicted octanol–water partition coefficient (Wildman–Crippen LogP) is -0.124.